The van der Waals surface area contributed by atoms with Gasteiger partial charge >= 0.3 is 0 Å². The van der Waals surface area contributed by atoms with Gasteiger partial charge in [-0.3, -0.25) is 9.59 Å². The van der Waals surface area contributed by atoms with E-state index in [4.69, 9.17) is 9.47 Å². The van der Waals surface area contributed by atoms with Crippen LogP contribution in [0.2, 0.25) is 0 Å². The molecule has 0 aliphatic carbocycles. The first-order valence-electron chi connectivity index (χ1n) is 10.4. The molecule has 2 aromatic rings. The molecular formula is C25H28N2O4. The molecule has 3 rings (SSSR count). The lowest BCUT2D eigenvalue weighted by Gasteiger charge is -2.26. The maximum atomic E-state index is 12.4. The highest BCUT2D eigenvalue weighted by molar-refractivity contribution is 6.02. The standard InChI is InChI=1S/C25H28N2O4/c1-3-15-31-22-12-10-19(17-23(22)30-2)11-13-24(28)26-21-8-6-7-20(16-21)18-27-14-5-4-9-25(27)29/h3,6-8,10-13,16-17H,1,4-5,9,14-15,18H2,2H3,(H,26,28)/b13-11+. The average molecular weight is 421 g/mol. The van der Waals surface area contributed by atoms with E-state index in [-0.39, 0.29) is 11.8 Å². The van der Waals surface area contributed by atoms with Crippen molar-refractivity contribution in [3.05, 3.63) is 72.3 Å². The van der Waals surface area contributed by atoms with Crippen LogP contribution in [0, 0.1) is 0 Å². The van der Waals surface area contributed by atoms with E-state index >= 15 is 0 Å². The Balaban J connectivity index is 1.60. The maximum Gasteiger partial charge on any atom is 0.248 e. The summed E-state index contributed by atoms with van der Waals surface area (Å²) < 4.78 is 10.9. The number of nitrogens with zero attached hydrogens (tertiary/aromatic N) is 1. The first kappa shape index (κ1) is 22.2. The number of hydrogen-bond acceptors (Lipinski definition) is 4. The molecular weight excluding hydrogens is 392 g/mol. The second-order valence-corrected chi connectivity index (χ2v) is 7.31. The Morgan fingerprint density at radius 2 is 2.06 bits per heavy atom. The van der Waals surface area contributed by atoms with Crippen LogP contribution < -0.4 is 14.8 Å². The van der Waals surface area contributed by atoms with Gasteiger partial charge < -0.3 is 19.7 Å². The van der Waals surface area contributed by atoms with E-state index in [1.54, 1.807) is 31.4 Å². The van der Waals surface area contributed by atoms with E-state index in [1.165, 1.54) is 6.08 Å². The SMILES string of the molecule is C=CCOc1ccc(/C=C/C(=O)Nc2cccc(CN3CCCCC3=O)c2)cc1OC. The lowest BCUT2D eigenvalue weighted by atomic mass is 10.1. The van der Waals surface area contributed by atoms with Crippen molar-refractivity contribution in [1.29, 1.82) is 0 Å². The zero-order valence-corrected chi connectivity index (χ0v) is 17.8. The number of anilines is 1. The van der Waals surface area contributed by atoms with Gasteiger partial charge in [-0.1, -0.05) is 30.9 Å². The molecule has 2 amide bonds. The highest BCUT2D eigenvalue weighted by Crippen LogP contribution is 2.28. The number of hydrogen-bond donors (Lipinski definition) is 1. The molecule has 1 N–H and O–H groups in total. The van der Waals surface area contributed by atoms with Crippen LogP contribution in [0.25, 0.3) is 6.08 Å². The minimum atomic E-state index is -0.239. The first-order chi connectivity index (χ1) is 15.1. The van der Waals surface area contributed by atoms with Crippen LogP contribution in [0.3, 0.4) is 0 Å². The molecule has 1 saturated heterocycles. The zero-order valence-electron chi connectivity index (χ0n) is 17.8. The summed E-state index contributed by atoms with van der Waals surface area (Å²) in [6.07, 6.45) is 7.48. The van der Waals surface area contributed by atoms with E-state index in [0.29, 0.717) is 36.8 Å². The third kappa shape index (κ3) is 6.47. The number of ether oxygens (including phenoxy) is 2. The number of rotatable bonds is 9. The Bertz CT molecular complexity index is 968. The third-order valence-corrected chi connectivity index (χ3v) is 4.96. The lowest BCUT2D eigenvalue weighted by Crippen LogP contribution is -2.34. The number of benzene rings is 2. The van der Waals surface area contributed by atoms with Gasteiger partial charge in [-0.2, -0.15) is 0 Å². The highest BCUT2D eigenvalue weighted by Gasteiger charge is 2.18. The smallest absolute Gasteiger partial charge is 0.248 e. The molecule has 0 spiro atoms. The number of likely N-dealkylation sites (tertiary alicyclic amines) is 1. The maximum absolute atomic E-state index is 12.4. The molecule has 0 unspecified atom stereocenters. The van der Waals surface area contributed by atoms with Gasteiger partial charge in [-0.05, 0) is 54.3 Å². The fourth-order valence-corrected chi connectivity index (χ4v) is 3.41. The van der Waals surface area contributed by atoms with E-state index < -0.39 is 0 Å². The monoisotopic (exact) mass is 420 g/mol. The first-order valence-corrected chi connectivity index (χ1v) is 10.4. The van der Waals surface area contributed by atoms with Crippen LogP contribution in [-0.2, 0) is 16.1 Å². The summed E-state index contributed by atoms with van der Waals surface area (Å²) >= 11 is 0. The van der Waals surface area contributed by atoms with Crippen LogP contribution in [0.1, 0.15) is 30.4 Å². The molecule has 1 heterocycles. The van der Waals surface area contributed by atoms with Crippen molar-refractivity contribution in [2.45, 2.75) is 25.8 Å². The quantitative estimate of drug-likeness (QED) is 0.482. The van der Waals surface area contributed by atoms with Crippen molar-refractivity contribution in [2.75, 3.05) is 25.6 Å². The molecule has 0 bridgehead atoms. The van der Waals surface area contributed by atoms with Gasteiger partial charge in [0.1, 0.15) is 6.61 Å². The summed E-state index contributed by atoms with van der Waals surface area (Å²) in [6.45, 7) is 5.38. The number of nitrogens with one attached hydrogen (secondary N) is 1. The number of carbonyl (C=O) groups excluding carboxylic acids is 2. The van der Waals surface area contributed by atoms with Gasteiger partial charge in [0.05, 0.1) is 7.11 Å². The van der Waals surface area contributed by atoms with Crippen molar-refractivity contribution in [3.63, 3.8) is 0 Å². The molecule has 0 atom stereocenters. The molecule has 2 aromatic carbocycles. The summed E-state index contributed by atoms with van der Waals surface area (Å²) in [6, 6.07) is 13.0. The summed E-state index contributed by atoms with van der Waals surface area (Å²) in [7, 11) is 1.57. The Kier molecular flexibility index (Phi) is 7.87. The summed E-state index contributed by atoms with van der Waals surface area (Å²) in [5.74, 6) is 1.16. The summed E-state index contributed by atoms with van der Waals surface area (Å²) in [5.41, 5.74) is 2.51. The molecule has 162 valence electrons. The lowest BCUT2D eigenvalue weighted by molar-refractivity contribution is -0.133. The van der Waals surface area contributed by atoms with Crippen LogP contribution in [0.4, 0.5) is 5.69 Å². The molecule has 31 heavy (non-hydrogen) atoms. The third-order valence-electron chi connectivity index (χ3n) is 4.96. The summed E-state index contributed by atoms with van der Waals surface area (Å²) in [5, 5.41) is 2.87. The summed E-state index contributed by atoms with van der Waals surface area (Å²) in [4.78, 5) is 26.3. The topological polar surface area (TPSA) is 67.9 Å². The van der Waals surface area contributed by atoms with Gasteiger partial charge in [0.15, 0.2) is 11.5 Å². The molecule has 6 heteroatoms. The van der Waals surface area contributed by atoms with Crippen LogP contribution >= 0.6 is 0 Å². The second-order valence-electron chi connectivity index (χ2n) is 7.31. The number of methoxy groups -OCH3 is 1. The zero-order chi connectivity index (χ0) is 22.1. The van der Waals surface area contributed by atoms with Crippen LogP contribution in [-0.4, -0.2) is 37.0 Å². The van der Waals surface area contributed by atoms with Crippen molar-refractivity contribution in [2.24, 2.45) is 0 Å². The molecule has 1 aliphatic rings. The van der Waals surface area contributed by atoms with Gasteiger partial charge in [0.2, 0.25) is 11.8 Å². The minimum absolute atomic E-state index is 0.194. The fourth-order valence-electron chi connectivity index (χ4n) is 3.41. The normalized spacial score (nSPS) is 13.8. The predicted molar refractivity (Wildman–Crippen MR) is 122 cm³/mol. The molecule has 0 radical (unpaired) electrons. The predicted octanol–water partition coefficient (Wildman–Crippen LogP) is 4.42. The minimum Gasteiger partial charge on any atom is -0.493 e. The second kappa shape index (κ2) is 11.0. The van der Waals surface area contributed by atoms with E-state index in [1.807, 2.05) is 35.2 Å². The highest BCUT2D eigenvalue weighted by atomic mass is 16.5. The van der Waals surface area contributed by atoms with Gasteiger partial charge in [0.25, 0.3) is 0 Å². The van der Waals surface area contributed by atoms with Gasteiger partial charge in [0, 0.05) is 31.3 Å². The van der Waals surface area contributed by atoms with Crippen molar-refractivity contribution in [1.82, 2.24) is 4.90 Å². The van der Waals surface area contributed by atoms with Crippen LogP contribution in [0.5, 0.6) is 11.5 Å². The Morgan fingerprint density at radius 3 is 2.84 bits per heavy atom. The van der Waals surface area contributed by atoms with Gasteiger partial charge in [-0.15, -0.1) is 0 Å². The Labute approximate surface area is 183 Å². The average Bonchev–Trinajstić information content (AvgIpc) is 2.78. The van der Waals surface area contributed by atoms with Crippen LogP contribution in [0.15, 0.2) is 61.2 Å². The fraction of sp³-hybridized carbons (Fsp3) is 0.280. The molecule has 0 saturated carbocycles. The number of piperidine rings is 1. The van der Waals surface area contributed by atoms with Crippen molar-refractivity contribution in [3.8, 4) is 11.5 Å². The molecule has 1 fully saturated rings. The van der Waals surface area contributed by atoms with E-state index in [9.17, 15) is 9.59 Å². The molecule has 6 nitrogen and oxygen atoms in total. The van der Waals surface area contributed by atoms with E-state index in [2.05, 4.69) is 11.9 Å². The van der Waals surface area contributed by atoms with Crippen molar-refractivity contribution < 1.29 is 19.1 Å². The number of carbonyl (C=O) groups is 2. The van der Waals surface area contributed by atoms with Crippen molar-refractivity contribution >= 4 is 23.6 Å². The van der Waals surface area contributed by atoms with Gasteiger partial charge in [-0.25, -0.2) is 0 Å². The Hall–Kier alpha value is -3.54. The largest absolute Gasteiger partial charge is 0.493 e. The molecule has 1 aliphatic heterocycles. The number of amides is 2. The van der Waals surface area contributed by atoms with E-state index in [0.717, 1.165) is 30.5 Å². The Morgan fingerprint density at radius 1 is 1.19 bits per heavy atom. The molecule has 0 aromatic heterocycles.